The monoisotopic (exact) mass is 556 g/mol. The molecule has 0 bridgehead atoms. The first kappa shape index (κ1) is 28.7. The molecule has 1 aliphatic rings. The first-order chi connectivity index (χ1) is 19.3. The number of nitrogens with zero attached hydrogens (tertiary/aromatic N) is 1. The summed E-state index contributed by atoms with van der Waals surface area (Å²) >= 11 is 0.807. The minimum atomic E-state index is -0.515. The number of allylic oxidation sites excluding steroid dienone is 1. The fraction of sp³-hybridized carbons (Fsp3) is 0.219. The second kappa shape index (κ2) is 13.2. The van der Waals surface area contributed by atoms with Crippen LogP contribution in [0.4, 0.5) is 10.5 Å². The van der Waals surface area contributed by atoms with E-state index in [0.717, 1.165) is 38.9 Å². The number of hydrogen-bond acceptors (Lipinski definition) is 6. The lowest BCUT2D eigenvalue weighted by Crippen LogP contribution is -2.36. The van der Waals surface area contributed by atoms with Crippen molar-refractivity contribution in [3.05, 3.63) is 106 Å². The first-order valence-corrected chi connectivity index (χ1v) is 13.8. The quantitative estimate of drug-likeness (QED) is 0.209. The lowest BCUT2D eigenvalue weighted by molar-refractivity contribution is -0.127. The number of aryl methyl sites for hydroxylation is 2. The summed E-state index contributed by atoms with van der Waals surface area (Å²) in [5.41, 5.74) is 5.08. The van der Waals surface area contributed by atoms with Crippen LogP contribution in [0, 0.1) is 13.8 Å². The highest BCUT2D eigenvalue weighted by atomic mass is 32.2. The summed E-state index contributed by atoms with van der Waals surface area (Å²) in [6.07, 6.45) is 3.93. The van der Waals surface area contributed by atoms with Gasteiger partial charge in [-0.1, -0.05) is 48.5 Å². The zero-order valence-electron chi connectivity index (χ0n) is 22.9. The van der Waals surface area contributed by atoms with Gasteiger partial charge in [-0.3, -0.25) is 19.3 Å². The third-order valence-corrected chi connectivity index (χ3v) is 7.09. The van der Waals surface area contributed by atoms with Gasteiger partial charge in [-0.15, -0.1) is 6.58 Å². The van der Waals surface area contributed by atoms with E-state index >= 15 is 0 Å². The fourth-order valence-corrected chi connectivity index (χ4v) is 5.06. The number of carbonyl (C=O) groups excluding carboxylic acids is 3. The Balaban J connectivity index is 1.55. The molecule has 0 radical (unpaired) electrons. The Morgan fingerprint density at radius 1 is 1.05 bits per heavy atom. The second-order valence-electron chi connectivity index (χ2n) is 9.34. The van der Waals surface area contributed by atoms with Crippen LogP contribution in [-0.2, 0) is 22.6 Å². The fourth-order valence-electron chi connectivity index (χ4n) is 4.22. The molecule has 3 amide bonds. The molecule has 1 fully saturated rings. The number of benzene rings is 3. The largest absolute Gasteiger partial charge is 0.490 e. The summed E-state index contributed by atoms with van der Waals surface area (Å²) in [4.78, 5) is 39.7. The molecule has 0 spiro atoms. The molecule has 1 aliphatic heterocycles. The SMILES string of the molecule is C=CCc1cc(/C=C2\SC(=O)N(CC(=O)Nc3cc(C)ccc3C)C2=O)cc(OCC)c1OCc1ccccc1. The summed E-state index contributed by atoms with van der Waals surface area (Å²) in [6, 6.07) is 19.2. The number of ether oxygens (including phenoxy) is 2. The molecule has 0 unspecified atom stereocenters. The number of anilines is 1. The van der Waals surface area contributed by atoms with Crippen molar-refractivity contribution in [2.45, 2.75) is 33.8 Å². The van der Waals surface area contributed by atoms with Crippen LogP contribution >= 0.6 is 11.8 Å². The van der Waals surface area contributed by atoms with E-state index in [2.05, 4.69) is 11.9 Å². The Labute approximate surface area is 238 Å². The highest BCUT2D eigenvalue weighted by molar-refractivity contribution is 8.18. The minimum Gasteiger partial charge on any atom is -0.490 e. The van der Waals surface area contributed by atoms with E-state index < -0.39 is 17.1 Å². The zero-order valence-corrected chi connectivity index (χ0v) is 23.7. The van der Waals surface area contributed by atoms with E-state index in [4.69, 9.17) is 9.47 Å². The van der Waals surface area contributed by atoms with Crippen LogP contribution in [0.25, 0.3) is 6.08 Å². The molecular weight excluding hydrogens is 524 g/mol. The number of amides is 3. The molecule has 0 atom stereocenters. The maximum absolute atomic E-state index is 13.1. The molecule has 1 N–H and O–H groups in total. The van der Waals surface area contributed by atoms with Crippen LogP contribution in [0.1, 0.15) is 34.7 Å². The summed E-state index contributed by atoms with van der Waals surface area (Å²) in [5.74, 6) is 0.193. The number of hydrogen-bond donors (Lipinski definition) is 1. The molecule has 4 rings (SSSR count). The van der Waals surface area contributed by atoms with Crippen LogP contribution in [0.15, 0.2) is 78.2 Å². The standard InChI is InChI=1S/C32H32N2O5S/c1-5-10-25-16-24(17-27(38-6-2)30(25)39-20-23-11-8-7-9-12-23)18-28-31(36)34(32(37)40-28)19-29(35)33-26-15-21(3)13-14-22(26)4/h5,7-9,11-18H,1,6,10,19-20H2,2-4H3,(H,33,35)/b28-18-. The van der Waals surface area contributed by atoms with Gasteiger partial charge in [-0.25, -0.2) is 0 Å². The Kier molecular flexibility index (Phi) is 9.45. The molecule has 206 valence electrons. The van der Waals surface area contributed by atoms with Gasteiger partial charge in [0.05, 0.1) is 11.5 Å². The van der Waals surface area contributed by atoms with E-state index in [0.29, 0.717) is 42.4 Å². The smallest absolute Gasteiger partial charge is 0.294 e. The van der Waals surface area contributed by atoms with Gasteiger partial charge in [0.25, 0.3) is 11.1 Å². The van der Waals surface area contributed by atoms with E-state index in [-0.39, 0.29) is 11.4 Å². The summed E-state index contributed by atoms with van der Waals surface area (Å²) in [5, 5.41) is 2.31. The van der Waals surface area contributed by atoms with Crippen LogP contribution in [0.2, 0.25) is 0 Å². The summed E-state index contributed by atoms with van der Waals surface area (Å²) in [6.45, 7) is 9.98. The maximum Gasteiger partial charge on any atom is 0.294 e. The van der Waals surface area contributed by atoms with Gasteiger partial charge in [0.1, 0.15) is 13.2 Å². The molecule has 8 heteroatoms. The van der Waals surface area contributed by atoms with Crippen LogP contribution < -0.4 is 14.8 Å². The van der Waals surface area contributed by atoms with E-state index in [1.165, 1.54) is 0 Å². The molecule has 1 saturated heterocycles. The van der Waals surface area contributed by atoms with E-state index in [1.54, 1.807) is 18.2 Å². The van der Waals surface area contributed by atoms with Crippen molar-refractivity contribution in [2.24, 2.45) is 0 Å². The number of nitrogens with one attached hydrogen (secondary N) is 1. The van der Waals surface area contributed by atoms with Gasteiger partial charge < -0.3 is 14.8 Å². The number of thioether (sulfide) groups is 1. The average Bonchev–Trinajstić information content (AvgIpc) is 3.18. The molecule has 40 heavy (non-hydrogen) atoms. The highest BCUT2D eigenvalue weighted by Gasteiger charge is 2.36. The second-order valence-corrected chi connectivity index (χ2v) is 10.3. The maximum atomic E-state index is 13.1. The molecule has 0 aromatic heterocycles. The van der Waals surface area contributed by atoms with E-state index in [1.807, 2.05) is 75.4 Å². The van der Waals surface area contributed by atoms with Gasteiger partial charge in [-0.2, -0.15) is 0 Å². The van der Waals surface area contributed by atoms with E-state index in [9.17, 15) is 14.4 Å². The topological polar surface area (TPSA) is 84.9 Å². The molecular formula is C32H32N2O5S. The third-order valence-electron chi connectivity index (χ3n) is 6.18. The molecule has 0 aliphatic carbocycles. The van der Waals surface area contributed by atoms with Crippen LogP contribution in [0.5, 0.6) is 11.5 Å². The summed E-state index contributed by atoms with van der Waals surface area (Å²) < 4.78 is 12.1. The normalized spacial score (nSPS) is 14.0. The van der Waals surface area contributed by atoms with Crippen molar-refractivity contribution in [3.8, 4) is 11.5 Å². The average molecular weight is 557 g/mol. The van der Waals surface area contributed by atoms with Gasteiger partial charge in [-0.05, 0) is 85.5 Å². The highest BCUT2D eigenvalue weighted by Crippen LogP contribution is 2.38. The molecule has 7 nitrogen and oxygen atoms in total. The Morgan fingerprint density at radius 2 is 1.82 bits per heavy atom. The van der Waals surface area contributed by atoms with Crippen LogP contribution in [0.3, 0.4) is 0 Å². The van der Waals surface area contributed by atoms with Crippen molar-refractivity contribution < 1.29 is 23.9 Å². The predicted molar refractivity (Wildman–Crippen MR) is 160 cm³/mol. The molecule has 0 saturated carbocycles. The van der Waals surface area contributed by atoms with Crippen molar-refractivity contribution in [1.29, 1.82) is 0 Å². The minimum absolute atomic E-state index is 0.231. The summed E-state index contributed by atoms with van der Waals surface area (Å²) in [7, 11) is 0. The van der Waals surface area contributed by atoms with Gasteiger partial charge in [0, 0.05) is 11.3 Å². The first-order valence-electron chi connectivity index (χ1n) is 13.0. The van der Waals surface area contributed by atoms with Gasteiger partial charge in [0.2, 0.25) is 5.91 Å². The molecule has 3 aromatic carbocycles. The zero-order chi connectivity index (χ0) is 28.6. The lowest BCUT2D eigenvalue weighted by atomic mass is 10.0. The number of rotatable bonds is 11. The predicted octanol–water partition coefficient (Wildman–Crippen LogP) is 6.68. The van der Waals surface area contributed by atoms with Crippen molar-refractivity contribution in [2.75, 3.05) is 18.5 Å². The third kappa shape index (κ3) is 7.01. The number of carbonyl (C=O) groups is 3. The Morgan fingerprint density at radius 3 is 2.55 bits per heavy atom. The Hall–Kier alpha value is -4.30. The van der Waals surface area contributed by atoms with Crippen molar-refractivity contribution in [3.63, 3.8) is 0 Å². The van der Waals surface area contributed by atoms with Crippen molar-refractivity contribution >= 4 is 40.6 Å². The Bertz CT molecular complexity index is 1470. The van der Waals surface area contributed by atoms with Gasteiger partial charge >= 0.3 is 0 Å². The number of imide groups is 1. The van der Waals surface area contributed by atoms with Gasteiger partial charge in [0.15, 0.2) is 11.5 Å². The van der Waals surface area contributed by atoms with Crippen molar-refractivity contribution in [1.82, 2.24) is 4.90 Å². The molecule has 1 heterocycles. The molecule has 3 aromatic rings. The lowest BCUT2D eigenvalue weighted by Gasteiger charge is -2.17. The van der Waals surface area contributed by atoms with Crippen LogP contribution in [-0.4, -0.2) is 35.1 Å².